The Morgan fingerprint density at radius 3 is 2.24 bits per heavy atom. The van der Waals surface area contributed by atoms with E-state index in [1.807, 2.05) is 0 Å². The number of hydrogen-bond acceptors (Lipinski definition) is 3. The largest absolute Gasteiger partial charge is 0.480 e. The van der Waals surface area contributed by atoms with Gasteiger partial charge in [-0.05, 0) is 18.1 Å². The molecule has 0 bridgehead atoms. The van der Waals surface area contributed by atoms with Gasteiger partial charge in [0, 0.05) is 5.69 Å². The van der Waals surface area contributed by atoms with Gasteiger partial charge in [-0.1, -0.05) is 32.0 Å². The molecule has 7 heteroatoms. The molecule has 3 amide bonds. The third kappa shape index (κ3) is 4.79. The number of rotatable bonds is 6. The number of nitrogens with one attached hydrogen (secondary N) is 1. The average molecular weight is 293 g/mol. The Morgan fingerprint density at radius 1 is 1.24 bits per heavy atom. The number of carbonyl (C=O) groups is 3. The Bertz CT molecular complexity index is 516. The topological polar surface area (TPSA) is 113 Å². The van der Waals surface area contributed by atoms with Crippen molar-refractivity contribution in [3.63, 3.8) is 0 Å². The first-order chi connectivity index (χ1) is 9.82. The van der Waals surface area contributed by atoms with Gasteiger partial charge in [-0.3, -0.25) is 14.5 Å². The number of amides is 3. The molecule has 0 saturated heterocycles. The lowest BCUT2D eigenvalue weighted by molar-refractivity contribution is -0.135. The van der Waals surface area contributed by atoms with Crippen LogP contribution in [-0.2, 0) is 9.59 Å². The molecule has 0 fully saturated rings. The second-order valence-electron chi connectivity index (χ2n) is 4.89. The van der Waals surface area contributed by atoms with Crippen molar-refractivity contribution < 1.29 is 19.5 Å². The first-order valence-electron chi connectivity index (χ1n) is 6.47. The standard InChI is InChI=1S/C14H19N3O4/c1-9(2)12(13(15)20)16-14(21)17(8-11(18)19)10-6-4-3-5-7-10/h3-7,9,12H,8H2,1-2H3,(H2,15,20)(H,16,21)(H,18,19). The molecule has 0 aliphatic carbocycles. The minimum atomic E-state index is -1.16. The van der Waals surface area contributed by atoms with Gasteiger partial charge in [-0.15, -0.1) is 0 Å². The molecule has 114 valence electrons. The van der Waals surface area contributed by atoms with Crippen molar-refractivity contribution in [3.05, 3.63) is 30.3 Å². The number of anilines is 1. The van der Waals surface area contributed by atoms with Crippen molar-refractivity contribution in [2.45, 2.75) is 19.9 Å². The fraction of sp³-hybridized carbons (Fsp3) is 0.357. The highest BCUT2D eigenvalue weighted by Crippen LogP contribution is 2.14. The highest BCUT2D eigenvalue weighted by Gasteiger charge is 2.26. The number of carbonyl (C=O) groups excluding carboxylic acids is 2. The van der Waals surface area contributed by atoms with E-state index in [2.05, 4.69) is 5.32 Å². The molecule has 21 heavy (non-hydrogen) atoms. The Hall–Kier alpha value is -2.57. The Morgan fingerprint density at radius 2 is 1.81 bits per heavy atom. The Balaban J connectivity index is 2.96. The average Bonchev–Trinajstić information content (AvgIpc) is 2.42. The maximum Gasteiger partial charge on any atom is 0.323 e. The quantitative estimate of drug-likeness (QED) is 0.719. The smallest absolute Gasteiger partial charge is 0.323 e. The summed E-state index contributed by atoms with van der Waals surface area (Å²) in [6, 6.07) is 6.80. The van der Waals surface area contributed by atoms with E-state index >= 15 is 0 Å². The monoisotopic (exact) mass is 293 g/mol. The van der Waals surface area contributed by atoms with Crippen LogP contribution in [0.1, 0.15) is 13.8 Å². The maximum absolute atomic E-state index is 12.2. The zero-order valence-corrected chi connectivity index (χ0v) is 11.9. The number of para-hydroxylation sites is 1. The molecule has 0 aliphatic heterocycles. The van der Waals surface area contributed by atoms with E-state index in [1.54, 1.807) is 44.2 Å². The zero-order valence-electron chi connectivity index (χ0n) is 11.9. The highest BCUT2D eigenvalue weighted by atomic mass is 16.4. The van der Waals surface area contributed by atoms with Crippen molar-refractivity contribution in [2.24, 2.45) is 11.7 Å². The molecular weight excluding hydrogens is 274 g/mol. The van der Waals surface area contributed by atoms with E-state index in [0.29, 0.717) is 5.69 Å². The van der Waals surface area contributed by atoms with Gasteiger partial charge in [0.2, 0.25) is 5.91 Å². The minimum absolute atomic E-state index is 0.200. The molecule has 0 aliphatic rings. The molecule has 4 N–H and O–H groups in total. The molecule has 1 atom stereocenters. The summed E-state index contributed by atoms with van der Waals surface area (Å²) >= 11 is 0. The van der Waals surface area contributed by atoms with Gasteiger partial charge < -0.3 is 16.2 Å². The molecule has 7 nitrogen and oxygen atoms in total. The van der Waals surface area contributed by atoms with E-state index in [9.17, 15) is 14.4 Å². The number of benzene rings is 1. The summed E-state index contributed by atoms with van der Waals surface area (Å²) in [5.41, 5.74) is 5.66. The van der Waals surface area contributed by atoms with Gasteiger partial charge >= 0.3 is 12.0 Å². The normalized spacial score (nSPS) is 11.8. The van der Waals surface area contributed by atoms with Crippen LogP contribution in [0.5, 0.6) is 0 Å². The molecule has 1 aromatic rings. The summed E-state index contributed by atoms with van der Waals surface area (Å²) in [5.74, 6) is -2.02. The summed E-state index contributed by atoms with van der Waals surface area (Å²) in [7, 11) is 0. The molecule has 0 heterocycles. The van der Waals surface area contributed by atoms with Crippen LogP contribution in [0.25, 0.3) is 0 Å². The van der Waals surface area contributed by atoms with Crippen LogP contribution < -0.4 is 16.0 Å². The Labute approximate surface area is 122 Å². The first kappa shape index (κ1) is 16.5. The maximum atomic E-state index is 12.2. The van der Waals surface area contributed by atoms with Gasteiger partial charge in [0.1, 0.15) is 12.6 Å². The number of nitrogens with two attached hydrogens (primary N) is 1. The third-order valence-corrected chi connectivity index (χ3v) is 2.86. The lowest BCUT2D eigenvalue weighted by Gasteiger charge is -2.25. The van der Waals surface area contributed by atoms with Gasteiger partial charge in [-0.25, -0.2) is 4.79 Å². The third-order valence-electron chi connectivity index (χ3n) is 2.86. The van der Waals surface area contributed by atoms with Gasteiger partial charge in [0.15, 0.2) is 0 Å². The van der Waals surface area contributed by atoms with Crippen LogP contribution in [0, 0.1) is 5.92 Å². The van der Waals surface area contributed by atoms with Gasteiger partial charge in [0.05, 0.1) is 0 Å². The lowest BCUT2D eigenvalue weighted by Crippen LogP contribution is -2.53. The summed E-state index contributed by atoms with van der Waals surface area (Å²) in [6.07, 6.45) is 0. The van der Waals surface area contributed by atoms with E-state index in [4.69, 9.17) is 10.8 Å². The fourth-order valence-corrected chi connectivity index (χ4v) is 1.80. The van der Waals surface area contributed by atoms with Crippen molar-refractivity contribution >= 4 is 23.6 Å². The summed E-state index contributed by atoms with van der Waals surface area (Å²) in [6.45, 7) is 2.96. The van der Waals surface area contributed by atoms with E-state index in [1.165, 1.54) is 0 Å². The number of nitrogens with zero attached hydrogens (tertiary/aromatic N) is 1. The van der Waals surface area contributed by atoms with Crippen LogP contribution >= 0.6 is 0 Å². The van der Waals surface area contributed by atoms with Crippen LogP contribution in [0.2, 0.25) is 0 Å². The van der Waals surface area contributed by atoms with Crippen molar-refractivity contribution in [3.8, 4) is 0 Å². The number of primary amides is 1. The second kappa shape index (κ2) is 7.28. The number of urea groups is 1. The molecule has 0 aromatic heterocycles. The Kier molecular flexibility index (Phi) is 5.71. The lowest BCUT2D eigenvalue weighted by atomic mass is 10.0. The summed E-state index contributed by atoms with van der Waals surface area (Å²) < 4.78 is 0. The molecule has 1 aromatic carbocycles. The molecule has 0 radical (unpaired) electrons. The van der Waals surface area contributed by atoms with Crippen molar-refractivity contribution in [1.82, 2.24) is 5.32 Å². The minimum Gasteiger partial charge on any atom is -0.480 e. The van der Waals surface area contributed by atoms with Crippen LogP contribution in [0.3, 0.4) is 0 Å². The SMILES string of the molecule is CC(C)C(NC(=O)N(CC(=O)O)c1ccccc1)C(N)=O. The molecule has 0 saturated carbocycles. The predicted molar refractivity (Wildman–Crippen MR) is 77.8 cm³/mol. The van der Waals surface area contributed by atoms with E-state index < -0.39 is 30.5 Å². The summed E-state index contributed by atoms with van der Waals surface area (Å²) in [5, 5.41) is 11.4. The summed E-state index contributed by atoms with van der Waals surface area (Å²) in [4.78, 5) is 35.5. The van der Waals surface area contributed by atoms with Crippen LogP contribution in [0.4, 0.5) is 10.5 Å². The van der Waals surface area contributed by atoms with Crippen molar-refractivity contribution in [1.29, 1.82) is 0 Å². The van der Waals surface area contributed by atoms with Crippen LogP contribution in [0.15, 0.2) is 30.3 Å². The number of carboxylic acid groups (broad SMARTS) is 1. The van der Waals surface area contributed by atoms with Gasteiger partial charge in [0.25, 0.3) is 0 Å². The zero-order chi connectivity index (χ0) is 16.0. The first-order valence-corrected chi connectivity index (χ1v) is 6.47. The predicted octanol–water partition coefficient (Wildman–Crippen LogP) is 0.797. The molecule has 1 unspecified atom stereocenters. The van der Waals surface area contributed by atoms with Gasteiger partial charge in [-0.2, -0.15) is 0 Å². The fourth-order valence-electron chi connectivity index (χ4n) is 1.80. The van der Waals surface area contributed by atoms with E-state index in [0.717, 1.165) is 4.90 Å². The van der Waals surface area contributed by atoms with E-state index in [-0.39, 0.29) is 5.92 Å². The molecule has 0 spiro atoms. The molecular formula is C14H19N3O4. The number of aliphatic carboxylic acids is 1. The molecule has 1 rings (SSSR count). The van der Waals surface area contributed by atoms with Crippen LogP contribution in [-0.4, -0.2) is 35.6 Å². The number of hydrogen-bond donors (Lipinski definition) is 3. The highest BCUT2D eigenvalue weighted by molar-refractivity contribution is 5.98. The second-order valence-corrected chi connectivity index (χ2v) is 4.89. The number of carboxylic acids is 1. The van der Waals surface area contributed by atoms with Crippen molar-refractivity contribution in [2.75, 3.05) is 11.4 Å².